The average molecular weight is 254 g/mol. The predicted octanol–water partition coefficient (Wildman–Crippen LogP) is 2.78. The van der Waals surface area contributed by atoms with Crippen LogP contribution in [0.3, 0.4) is 0 Å². The molecule has 0 saturated carbocycles. The summed E-state index contributed by atoms with van der Waals surface area (Å²) in [6.45, 7) is 0. The van der Waals surface area contributed by atoms with Crippen molar-refractivity contribution < 1.29 is 14.3 Å². The highest BCUT2D eigenvalue weighted by Crippen LogP contribution is 2.26. The van der Waals surface area contributed by atoms with Crippen LogP contribution in [0.15, 0.2) is 46.9 Å². The van der Waals surface area contributed by atoms with Gasteiger partial charge in [-0.05, 0) is 36.4 Å². The minimum atomic E-state index is -0.984. The number of hydrogen-bond acceptors (Lipinski definition) is 4. The lowest BCUT2D eigenvalue weighted by atomic mass is 10.1. The standard InChI is InChI=1S/C14H10N2O3/c15-10-4-5-12-11(7-10)16-13(19-12)8-2-1-3-9(6-8)14(17)18/h1-7H,15H2,(H,17,18). The van der Waals surface area contributed by atoms with Gasteiger partial charge < -0.3 is 15.3 Å². The highest BCUT2D eigenvalue weighted by Gasteiger charge is 2.10. The third kappa shape index (κ3) is 2.01. The van der Waals surface area contributed by atoms with E-state index in [0.717, 1.165) is 0 Å². The Hall–Kier alpha value is -2.82. The molecule has 0 unspecified atom stereocenters. The molecule has 3 rings (SSSR count). The first kappa shape index (κ1) is 11.3. The zero-order valence-electron chi connectivity index (χ0n) is 9.83. The molecule has 1 heterocycles. The molecule has 0 aliphatic rings. The van der Waals surface area contributed by atoms with Crippen LogP contribution in [0.1, 0.15) is 10.4 Å². The number of carbonyl (C=O) groups is 1. The Balaban J connectivity index is 2.13. The second-order valence-corrected chi connectivity index (χ2v) is 4.13. The summed E-state index contributed by atoms with van der Waals surface area (Å²) >= 11 is 0. The fourth-order valence-electron chi connectivity index (χ4n) is 1.85. The van der Waals surface area contributed by atoms with E-state index in [4.69, 9.17) is 15.3 Å². The molecule has 3 aromatic rings. The lowest BCUT2D eigenvalue weighted by Crippen LogP contribution is -1.95. The number of rotatable bonds is 2. The van der Waals surface area contributed by atoms with Gasteiger partial charge in [0.2, 0.25) is 5.89 Å². The van der Waals surface area contributed by atoms with Gasteiger partial charge in [0.25, 0.3) is 0 Å². The maximum Gasteiger partial charge on any atom is 0.335 e. The molecule has 0 fully saturated rings. The van der Waals surface area contributed by atoms with Crippen molar-refractivity contribution in [3.05, 3.63) is 48.0 Å². The fourth-order valence-corrected chi connectivity index (χ4v) is 1.85. The number of nitrogens with zero attached hydrogens (tertiary/aromatic N) is 1. The topological polar surface area (TPSA) is 89.3 Å². The number of nitrogens with two attached hydrogens (primary N) is 1. The number of anilines is 1. The smallest absolute Gasteiger partial charge is 0.335 e. The molecule has 94 valence electrons. The summed E-state index contributed by atoms with van der Waals surface area (Å²) in [6, 6.07) is 11.6. The highest BCUT2D eigenvalue weighted by atomic mass is 16.4. The van der Waals surface area contributed by atoms with Gasteiger partial charge in [-0.1, -0.05) is 6.07 Å². The van der Waals surface area contributed by atoms with E-state index in [-0.39, 0.29) is 5.56 Å². The van der Waals surface area contributed by atoms with E-state index in [1.807, 2.05) is 0 Å². The molecule has 0 aliphatic heterocycles. The van der Waals surface area contributed by atoms with Gasteiger partial charge in [0.05, 0.1) is 5.56 Å². The molecule has 3 N–H and O–H groups in total. The zero-order valence-corrected chi connectivity index (χ0v) is 9.83. The van der Waals surface area contributed by atoms with E-state index in [9.17, 15) is 4.79 Å². The van der Waals surface area contributed by atoms with Crippen molar-refractivity contribution in [2.24, 2.45) is 0 Å². The number of oxazole rings is 1. The Morgan fingerprint density at radius 1 is 1.21 bits per heavy atom. The first-order valence-electron chi connectivity index (χ1n) is 5.63. The molecule has 5 nitrogen and oxygen atoms in total. The van der Waals surface area contributed by atoms with Gasteiger partial charge in [-0.15, -0.1) is 0 Å². The third-order valence-corrected chi connectivity index (χ3v) is 2.77. The first-order chi connectivity index (χ1) is 9.13. The van der Waals surface area contributed by atoms with Crippen LogP contribution in [0.2, 0.25) is 0 Å². The first-order valence-corrected chi connectivity index (χ1v) is 5.63. The number of carboxylic acids is 1. The summed E-state index contributed by atoms with van der Waals surface area (Å²) in [5, 5.41) is 8.96. The predicted molar refractivity (Wildman–Crippen MR) is 70.8 cm³/mol. The molecule has 0 radical (unpaired) electrons. The third-order valence-electron chi connectivity index (χ3n) is 2.77. The number of carboxylic acid groups (broad SMARTS) is 1. The van der Waals surface area contributed by atoms with Crippen molar-refractivity contribution in [1.82, 2.24) is 4.98 Å². The lowest BCUT2D eigenvalue weighted by Gasteiger charge is -1.97. The number of fused-ring (bicyclic) bond motifs is 1. The van der Waals surface area contributed by atoms with E-state index in [1.165, 1.54) is 12.1 Å². The van der Waals surface area contributed by atoms with Crippen LogP contribution in [-0.2, 0) is 0 Å². The number of aromatic carboxylic acids is 1. The van der Waals surface area contributed by atoms with Crippen LogP contribution in [0.25, 0.3) is 22.6 Å². The molecule has 0 aliphatic carbocycles. The van der Waals surface area contributed by atoms with Gasteiger partial charge in [-0.2, -0.15) is 0 Å². The van der Waals surface area contributed by atoms with E-state index in [2.05, 4.69) is 4.98 Å². The second kappa shape index (κ2) is 4.13. The SMILES string of the molecule is Nc1ccc2oc(-c3cccc(C(=O)O)c3)nc2c1. The number of nitrogen functional groups attached to an aromatic ring is 1. The quantitative estimate of drug-likeness (QED) is 0.686. The van der Waals surface area contributed by atoms with Crippen molar-refractivity contribution in [1.29, 1.82) is 0 Å². The molecule has 1 aromatic heterocycles. The van der Waals surface area contributed by atoms with Crippen LogP contribution in [0.4, 0.5) is 5.69 Å². The summed E-state index contributed by atoms with van der Waals surface area (Å²) in [5.41, 5.74) is 8.36. The molecule has 0 saturated heterocycles. The Labute approximate surface area is 108 Å². The highest BCUT2D eigenvalue weighted by molar-refractivity contribution is 5.89. The number of benzene rings is 2. The van der Waals surface area contributed by atoms with Crippen molar-refractivity contribution >= 4 is 22.8 Å². The van der Waals surface area contributed by atoms with Crippen molar-refractivity contribution in [3.8, 4) is 11.5 Å². The summed E-state index contributed by atoms with van der Waals surface area (Å²) in [7, 11) is 0. The summed E-state index contributed by atoms with van der Waals surface area (Å²) in [4.78, 5) is 15.2. The van der Waals surface area contributed by atoms with Crippen LogP contribution in [0.5, 0.6) is 0 Å². The molecule has 0 atom stereocenters. The minimum absolute atomic E-state index is 0.194. The molecular formula is C14H10N2O3. The van der Waals surface area contributed by atoms with Crippen LogP contribution >= 0.6 is 0 Å². The van der Waals surface area contributed by atoms with E-state index in [1.54, 1.807) is 30.3 Å². The van der Waals surface area contributed by atoms with Gasteiger partial charge >= 0.3 is 5.97 Å². The summed E-state index contributed by atoms with van der Waals surface area (Å²) in [5.74, 6) is -0.606. The molecule has 2 aromatic carbocycles. The van der Waals surface area contributed by atoms with Gasteiger partial charge in [-0.3, -0.25) is 0 Å². The largest absolute Gasteiger partial charge is 0.478 e. The summed E-state index contributed by atoms with van der Waals surface area (Å²) < 4.78 is 5.58. The Morgan fingerprint density at radius 3 is 2.84 bits per heavy atom. The van der Waals surface area contributed by atoms with Crippen molar-refractivity contribution in [3.63, 3.8) is 0 Å². The summed E-state index contributed by atoms with van der Waals surface area (Å²) in [6.07, 6.45) is 0. The monoisotopic (exact) mass is 254 g/mol. The normalized spacial score (nSPS) is 10.7. The fraction of sp³-hybridized carbons (Fsp3) is 0. The van der Waals surface area contributed by atoms with Crippen molar-refractivity contribution in [2.75, 3.05) is 5.73 Å². The maximum atomic E-state index is 10.9. The van der Waals surface area contributed by atoms with Gasteiger partial charge in [-0.25, -0.2) is 9.78 Å². The molecular weight excluding hydrogens is 244 g/mol. The van der Waals surface area contributed by atoms with Crippen LogP contribution < -0.4 is 5.73 Å². The Kier molecular flexibility index (Phi) is 2.45. The van der Waals surface area contributed by atoms with E-state index >= 15 is 0 Å². The van der Waals surface area contributed by atoms with Crippen LogP contribution in [-0.4, -0.2) is 16.1 Å². The maximum absolute atomic E-state index is 10.9. The average Bonchev–Trinajstić information content (AvgIpc) is 2.81. The molecule has 0 amide bonds. The van der Waals surface area contributed by atoms with E-state index < -0.39 is 5.97 Å². The number of aromatic nitrogens is 1. The molecule has 0 spiro atoms. The Bertz CT molecular complexity index is 777. The van der Waals surface area contributed by atoms with Gasteiger partial charge in [0.15, 0.2) is 5.58 Å². The minimum Gasteiger partial charge on any atom is -0.478 e. The van der Waals surface area contributed by atoms with E-state index in [0.29, 0.717) is 28.2 Å². The second-order valence-electron chi connectivity index (χ2n) is 4.13. The lowest BCUT2D eigenvalue weighted by molar-refractivity contribution is 0.0697. The number of hydrogen-bond donors (Lipinski definition) is 2. The molecule has 19 heavy (non-hydrogen) atoms. The Morgan fingerprint density at radius 2 is 2.05 bits per heavy atom. The molecule has 0 bridgehead atoms. The van der Waals surface area contributed by atoms with Gasteiger partial charge in [0.1, 0.15) is 5.52 Å². The van der Waals surface area contributed by atoms with Crippen LogP contribution in [0, 0.1) is 0 Å². The van der Waals surface area contributed by atoms with Crippen molar-refractivity contribution in [2.45, 2.75) is 0 Å². The van der Waals surface area contributed by atoms with Gasteiger partial charge in [0, 0.05) is 11.3 Å². The zero-order chi connectivity index (χ0) is 13.4. The molecule has 5 heteroatoms.